The molecule has 21 heavy (non-hydrogen) atoms. The lowest BCUT2D eigenvalue weighted by Gasteiger charge is -2.27. The number of likely N-dealkylation sites (tertiary alicyclic amines) is 1. The van der Waals surface area contributed by atoms with E-state index in [1.54, 1.807) is 0 Å². The molecule has 5 nitrogen and oxygen atoms in total. The molecule has 3 aliphatic rings. The molecule has 1 saturated carbocycles. The van der Waals surface area contributed by atoms with Crippen LogP contribution in [0.25, 0.3) is 0 Å². The van der Waals surface area contributed by atoms with E-state index in [1.165, 1.54) is 43.4 Å². The Labute approximate surface area is 129 Å². The minimum absolute atomic E-state index is 0.112. The van der Waals surface area contributed by atoms with Crippen molar-refractivity contribution in [1.82, 2.24) is 9.88 Å². The molecule has 1 amide bonds. The first-order chi connectivity index (χ1) is 10.2. The Hall–Kier alpha value is -1.30. The summed E-state index contributed by atoms with van der Waals surface area (Å²) in [6.45, 7) is 2.99. The zero-order chi connectivity index (χ0) is 14.4. The third-order valence-electron chi connectivity index (χ3n) is 5.13. The summed E-state index contributed by atoms with van der Waals surface area (Å²) >= 11 is 1.49. The first-order valence-corrected chi connectivity index (χ1v) is 8.86. The SMILES string of the molecule is Nc1nc(N2CCCCC2)sc1C(=O)N1CC2CCC1C2. The van der Waals surface area contributed by atoms with Gasteiger partial charge in [0.15, 0.2) is 5.13 Å². The van der Waals surface area contributed by atoms with E-state index in [0.29, 0.717) is 16.7 Å². The number of hydrogen-bond acceptors (Lipinski definition) is 5. The molecule has 114 valence electrons. The number of thiazole rings is 1. The van der Waals surface area contributed by atoms with Crippen molar-refractivity contribution in [3.8, 4) is 0 Å². The molecule has 0 spiro atoms. The van der Waals surface area contributed by atoms with Crippen molar-refractivity contribution in [2.75, 3.05) is 30.3 Å². The Balaban J connectivity index is 1.54. The Kier molecular flexibility index (Phi) is 3.28. The van der Waals surface area contributed by atoms with Gasteiger partial charge < -0.3 is 15.5 Å². The van der Waals surface area contributed by atoms with Crippen molar-refractivity contribution in [2.45, 2.75) is 44.6 Å². The van der Waals surface area contributed by atoms with Crippen LogP contribution in [0.3, 0.4) is 0 Å². The normalized spacial score (nSPS) is 28.4. The summed E-state index contributed by atoms with van der Waals surface area (Å²) in [6.07, 6.45) is 7.33. The molecule has 0 radical (unpaired) electrons. The maximum Gasteiger partial charge on any atom is 0.268 e. The van der Waals surface area contributed by atoms with E-state index in [9.17, 15) is 4.79 Å². The third-order valence-corrected chi connectivity index (χ3v) is 6.25. The lowest BCUT2D eigenvalue weighted by Crippen LogP contribution is -2.37. The zero-order valence-electron chi connectivity index (χ0n) is 12.3. The van der Waals surface area contributed by atoms with Gasteiger partial charge in [0.1, 0.15) is 10.7 Å². The Morgan fingerprint density at radius 3 is 2.71 bits per heavy atom. The highest BCUT2D eigenvalue weighted by Crippen LogP contribution is 2.40. The van der Waals surface area contributed by atoms with Gasteiger partial charge >= 0.3 is 0 Å². The summed E-state index contributed by atoms with van der Waals surface area (Å²) in [6, 6.07) is 0.447. The molecule has 2 atom stereocenters. The van der Waals surface area contributed by atoms with Crippen LogP contribution in [-0.2, 0) is 0 Å². The summed E-state index contributed by atoms with van der Waals surface area (Å²) in [5.74, 6) is 1.25. The van der Waals surface area contributed by atoms with Crippen LogP contribution in [0, 0.1) is 5.92 Å². The molecule has 2 aliphatic heterocycles. The molecule has 6 heteroatoms. The zero-order valence-corrected chi connectivity index (χ0v) is 13.1. The van der Waals surface area contributed by atoms with Gasteiger partial charge in [-0.15, -0.1) is 0 Å². The predicted molar refractivity (Wildman–Crippen MR) is 84.8 cm³/mol. The highest BCUT2D eigenvalue weighted by Gasteiger charge is 2.41. The molecule has 0 aromatic carbocycles. The molecule has 4 rings (SSSR count). The molecule has 1 aliphatic carbocycles. The van der Waals surface area contributed by atoms with Crippen LogP contribution < -0.4 is 10.6 Å². The van der Waals surface area contributed by atoms with Crippen molar-refractivity contribution in [3.63, 3.8) is 0 Å². The number of anilines is 2. The maximum atomic E-state index is 12.8. The number of amides is 1. The number of nitrogens with zero attached hydrogens (tertiary/aromatic N) is 3. The lowest BCUT2D eigenvalue weighted by molar-refractivity contribution is 0.0709. The number of nitrogens with two attached hydrogens (primary N) is 1. The van der Waals surface area contributed by atoms with E-state index < -0.39 is 0 Å². The van der Waals surface area contributed by atoms with Crippen molar-refractivity contribution >= 4 is 28.2 Å². The number of fused-ring (bicyclic) bond motifs is 2. The third kappa shape index (κ3) is 2.29. The minimum Gasteiger partial charge on any atom is -0.382 e. The van der Waals surface area contributed by atoms with Gasteiger partial charge in [0.2, 0.25) is 0 Å². The number of piperidine rings is 2. The Bertz CT molecular complexity index is 552. The molecule has 2 unspecified atom stereocenters. The second-order valence-electron chi connectivity index (χ2n) is 6.55. The van der Waals surface area contributed by atoms with Gasteiger partial charge in [-0.25, -0.2) is 4.98 Å². The van der Waals surface area contributed by atoms with E-state index in [2.05, 4.69) is 9.88 Å². The highest BCUT2D eigenvalue weighted by molar-refractivity contribution is 7.18. The number of nitrogen functional groups attached to an aromatic ring is 1. The second-order valence-corrected chi connectivity index (χ2v) is 7.53. The lowest BCUT2D eigenvalue weighted by atomic mass is 10.1. The summed E-state index contributed by atoms with van der Waals surface area (Å²) in [7, 11) is 0. The minimum atomic E-state index is 0.112. The van der Waals surface area contributed by atoms with Crippen LogP contribution in [0.15, 0.2) is 0 Å². The van der Waals surface area contributed by atoms with Gasteiger partial charge in [-0.3, -0.25) is 4.79 Å². The average Bonchev–Trinajstić information content (AvgIpc) is 3.22. The molecule has 2 N–H and O–H groups in total. The van der Waals surface area contributed by atoms with Crippen molar-refractivity contribution in [3.05, 3.63) is 4.88 Å². The molecule has 3 heterocycles. The van der Waals surface area contributed by atoms with Crippen LogP contribution in [0.5, 0.6) is 0 Å². The van der Waals surface area contributed by atoms with E-state index in [-0.39, 0.29) is 5.91 Å². The summed E-state index contributed by atoms with van der Waals surface area (Å²) in [5, 5.41) is 0.930. The molecular weight excluding hydrogens is 284 g/mol. The van der Waals surface area contributed by atoms with Crippen LogP contribution in [0.4, 0.5) is 10.9 Å². The number of aromatic nitrogens is 1. The van der Waals surface area contributed by atoms with E-state index in [1.807, 2.05) is 4.90 Å². The van der Waals surface area contributed by atoms with Gasteiger partial charge in [0.05, 0.1) is 0 Å². The fourth-order valence-electron chi connectivity index (χ4n) is 4.00. The van der Waals surface area contributed by atoms with Crippen LogP contribution >= 0.6 is 11.3 Å². The summed E-state index contributed by atoms with van der Waals surface area (Å²) in [5.41, 5.74) is 6.04. The molecule has 3 fully saturated rings. The van der Waals surface area contributed by atoms with Crippen LogP contribution in [-0.4, -0.2) is 41.5 Å². The Morgan fingerprint density at radius 2 is 2.05 bits per heavy atom. The van der Waals surface area contributed by atoms with Crippen molar-refractivity contribution in [2.24, 2.45) is 5.92 Å². The molecule has 2 bridgehead atoms. The number of carbonyl (C=O) groups excluding carboxylic acids is 1. The first-order valence-electron chi connectivity index (χ1n) is 8.04. The standard InChI is InChI=1S/C15H22N4OS/c16-13-12(14(20)19-9-10-4-5-11(19)8-10)21-15(17-13)18-6-2-1-3-7-18/h10-11H,1-9,16H2. The summed E-state index contributed by atoms with van der Waals surface area (Å²) < 4.78 is 0. The van der Waals surface area contributed by atoms with E-state index in [4.69, 9.17) is 5.73 Å². The van der Waals surface area contributed by atoms with Gasteiger partial charge in [-0.05, 0) is 44.4 Å². The topological polar surface area (TPSA) is 62.5 Å². The molecule has 1 aromatic rings. The number of rotatable bonds is 2. The van der Waals surface area contributed by atoms with Gasteiger partial charge in [-0.1, -0.05) is 11.3 Å². The van der Waals surface area contributed by atoms with Gasteiger partial charge in [-0.2, -0.15) is 0 Å². The van der Waals surface area contributed by atoms with E-state index >= 15 is 0 Å². The predicted octanol–water partition coefficient (Wildman–Crippen LogP) is 2.34. The molecule has 1 aromatic heterocycles. The smallest absolute Gasteiger partial charge is 0.268 e. The fourth-order valence-corrected chi connectivity index (χ4v) is 4.99. The quantitative estimate of drug-likeness (QED) is 0.911. The fraction of sp³-hybridized carbons (Fsp3) is 0.733. The number of hydrogen-bond donors (Lipinski definition) is 1. The van der Waals surface area contributed by atoms with Crippen molar-refractivity contribution in [1.29, 1.82) is 0 Å². The first kappa shape index (κ1) is 13.4. The highest BCUT2D eigenvalue weighted by atomic mass is 32.1. The molecule has 2 saturated heterocycles. The summed E-state index contributed by atoms with van der Waals surface area (Å²) in [4.78, 5) is 22.2. The number of carbonyl (C=O) groups is 1. The molecular formula is C15H22N4OS. The Morgan fingerprint density at radius 1 is 1.24 bits per heavy atom. The largest absolute Gasteiger partial charge is 0.382 e. The van der Waals surface area contributed by atoms with Gasteiger partial charge in [0.25, 0.3) is 5.91 Å². The monoisotopic (exact) mass is 306 g/mol. The average molecular weight is 306 g/mol. The van der Waals surface area contributed by atoms with Crippen molar-refractivity contribution < 1.29 is 4.79 Å². The van der Waals surface area contributed by atoms with Crippen LogP contribution in [0.1, 0.15) is 48.2 Å². The van der Waals surface area contributed by atoms with Gasteiger partial charge in [0, 0.05) is 25.7 Å². The second kappa shape index (κ2) is 5.16. The van der Waals surface area contributed by atoms with Crippen LogP contribution in [0.2, 0.25) is 0 Å². The van der Waals surface area contributed by atoms with E-state index in [0.717, 1.165) is 37.1 Å². The maximum absolute atomic E-state index is 12.8.